The molecule has 4 rings (SSSR count). The Balaban J connectivity index is 1.62. The normalized spacial score (nSPS) is 15.7. The van der Waals surface area contributed by atoms with E-state index in [2.05, 4.69) is 5.32 Å². The molecule has 0 radical (unpaired) electrons. The van der Waals surface area contributed by atoms with E-state index in [4.69, 9.17) is 4.74 Å². The maximum Gasteiger partial charge on any atom is 0.227 e. The van der Waals surface area contributed by atoms with Gasteiger partial charge in [0.15, 0.2) is 11.6 Å². The zero-order chi connectivity index (χ0) is 21.0. The van der Waals surface area contributed by atoms with Crippen LogP contribution in [-0.2, 0) is 22.5 Å². The number of halogens is 2. The Hall–Kier alpha value is -2.57. The Morgan fingerprint density at radius 2 is 1.83 bits per heavy atom. The highest BCUT2D eigenvalue weighted by atomic mass is 32.1. The second-order valence-corrected chi connectivity index (χ2v) is 8.65. The predicted molar refractivity (Wildman–Crippen MR) is 114 cm³/mol. The van der Waals surface area contributed by atoms with Gasteiger partial charge in [0.1, 0.15) is 0 Å². The average Bonchev–Trinajstić information content (AvgIpc) is 3.29. The van der Waals surface area contributed by atoms with Crippen LogP contribution >= 0.6 is 11.3 Å². The fourth-order valence-electron chi connectivity index (χ4n) is 4.00. The van der Waals surface area contributed by atoms with Crippen molar-refractivity contribution in [2.45, 2.75) is 25.8 Å². The average molecular weight is 428 g/mol. The SMILES string of the molecule is O=C(NCc1cccs1)C1(Cc2ccccc2-c2ccc(F)c(F)c2)CCOCC1. The van der Waals surface area contributed by atoms with Crippen molar-refractivity contribution < 1.29 is 18.3 Å². The summed E-state index contributed by atoms with van der Waals surface area (Å²) < 4.78 is 32.8. The number of carbonyl (C=O) groups excluding carboxylic acids is 1. The lowest BCUT2D eigenvalue weighted by atomic mass is 9.73. The minimum absolute atomic E-state index is 0.0132. The summed E-state index contributed by atoms with van der Waals surface area (Å²) in [6.07, 6.45) is 1.76. The Kier molecular flexibility index (Phi) is 6.25. The highest BCUT2D eigenvalue weighted by molar-refractivity contribution is 7.09. The van der Waals surface area contributed by atoms with Gasteiger partial charge in [-0.3, -0.25) is 4.79 Å². The highest BCUT2D eigenvalue weighted by Crippen LogP contribution is 2.38. The molecular weight excluding hydrogens is 404 g/mol. The van der Waals surface area contributed by atoms with E-state index in [0.717, 1.165) is 22.1 Å². The summed E-state index contributed by atoms with van der Waals surface area (Å²) >= 11 is 1.61. The van der Waals surface area contributed by atoms with Crippen molar-refractivity contribution in [3.63, 3.8) is 0 Å². The molecule has 0 saturated carbocycles. The molecule has 1 aromatic heterocycles. The van der Waals surface area contributed by atoms with Crippen LogP contribution < -0.4 is 5.32 Å². The molecule has 6 heteroatoms. The molecule has 0 bridgehead atoms. The zero-order valence-electron chi connectivity index (χ0n) is 16.5. The molecule has 3 nitrogen and oxygen atoms in total. The molecule has 0 aliphatic carbocycles. The third-order valence-corrected chi connectivity index (χ3v) is 6.59. The van der Waals surface area contributed by atoms with Crippen LogP contribution in [0.3, 0.4) is 0 Å². The summed E-state index contributed by atoms with van der Waals surface area (Å²) in [6.45, 7) is 1.56. The van der Waals surface area contributed by atoms with Crippen LogP contribution in [0, 0.1) is 17.0 Å². The van der Waals surface area contributed by atoms with Crippen LogP contribution in [0.4, 0.5) is 8.78 Å². The summed E-state index contributed by atoms with van der Waals surface area (Å²) in [5, 5.41) is 5.09. The van der Waals surface area contributed by atoms with E-state index >= 15 is 0 Å². The van der Waals surface area contributed by atoms with E-state index in [0.29, 0.717) is 44.6 Å². The van der Waals surface area contributed by atoms with Crippen LogP contribution in [0.15, 0.2) is 60.0 Å². The number of rotatable bonds is 6. The van der Waals surface area contributed by atoms with Gasteiger partial charge in [-0.1, -0.05) is 36.4 Å². The van der Waals surface area contributed by atoms with E-state index in [-0.39, 0.29) is 5.91 Å². The van der Waals surface area contributed by atoms with Crippen LogP contribution in [0.25, 0.3) is 11.1 Å². The molecule has 1 aliphatic rings. The monoisotopic (exact) mass is 427 g/mol. The van der Waals surface area contributed by atoms with Crippen molar-refractivity contribution in [2.75, 3.05) is 13.2 Å². The van der Waals surface area contributed by atoms with Gasteiger partial charge in [0, 0.05) is 18.1 Å². The van der Waals surface area contributed by atoms with Crippen molar-refractivity contribution in [3.05, 3.63) is 82.1 Å². The van der Waals surface area contributed by atoms with Gasteiger partial charge in [-0.15, -0.1) is 11.3 Å². The van der Waals surface area contributed by atoms with E-state index in [1.54, 1.807) is 17.4 Å². The number of carbonyl (C=O) groups is 1. The Bertz CT molecular complexity index is 1010. The molecule has 1 fully saturated rings. The summed E-state index contributed by atoms with van der Waals surface area (Å²) in [5.74, 6) is -1.74. The second kappa shape index (κ2) is 9.06. The summed E-state index contributed by atoms with van der Waals surface area (Å²) in [6, 6.07) is 15.5. The smallest absolute Gasteiger partial charge is 0.227 e. The number of nitrogens with one attached hydrogen (secondary N) is 1. The topological polar surface area (TPSA) is 38.3 Å². The molecule has 1 saturated heterocycles. The largest absolute Gasteiger partial charge is 0.381 e. The Labute approximate surface area is 178 Å². The molecular formula is C24H23F2NO2S. The number of hydrogen-bond donors (Lipinski definition) is 1. The third-order valence-electron chi connectivity index (χ3n) is 5.71. The second-order valence-electron chi connectivity index (χ2n) is 7.62. The van der Waals surface area contributed by atoms with Gasteiger partial charge in [0.2, 0.25) is 5.91 Å². The number of hydrogen-bond acceptors (Lipinski definition) is 3. The zero-order valence-corrected chi connectivity index (χ0v) is 17.3. The quantitative estimate of drug-likeness (QED) is 0.576. The molecule has 30 heavy (non-hydrogen) atoms. The van der Waals surface area contributed by atoms with Crippen LogP contribution in [0.5, 0.6) is 0 Å². The molecule has 1 aliphatic heterocycles. The van der Waals surface area contributed by atoms with Crippen LogP contribution in [0.2, 0.25) is 0 Å². The molecule has 1 amide bonds. The molecule has 3 aromatic rings. The predicted octanol–water partition coefficient (Wildman–Crippen LogP) is 5.35. The van der Waals surface area contributed by atoms with E-state index in [1.165, 1.54) is 6.07 Å². The fourth-order valence-corrected chi connectivity index (χ4v) is 4.64. The molecule has 0 spiro atoms. The van der Waals surface area contributed by atoms with Gasteiger partial charge < -0.3 is 10.1 Å². The fraction of sp³-hybridized carbons (Fsp3) is 0.292. The number of ether oxygens (including phenoxy) is 1. The first-order valence-corrected chi connectivity index (χ1v) is 10.9. The number of thiophene rings is 1. The Morgan fingerprint density at radius 1 is 1.03 bits per heavy atom. The first-order valence-electron chi connectivity index (χ1n) is 9.99. The summed E-state index contributed by atoms with van der Waals surface area (Å²) in [7, 11) is 0. The minimum Gasteiger partial charge on any atom is -0.381 e. The van der Waals surface area contributed by atoms with Crippen molar-refractivity contribution in [1.82, 2.24) is 5.32 Å². The summed E-state index contributed by atoms with van der Waals surface area (Å²) in [5.41, 5.74) is 1.76. The van der Waals surface area contributed by atoms with Gasteiger partial charge in [-0.2, -0.15) is 0 Å². The molecule has 1 N–H and O–H groups in total. The summed E-state index contributed by atoms with van der Waals surface area (Å²) in [4.78, 5) is 14.4. The van der Waals surface area contributed by atoms with Gasteiger partial charge in [-0.05, 0) is 59.5 Å². The van der Waals surface area contributed by atoms with Crippen LogP contribution in [-0.4, -0.2) is 19.1 Å². The number of amides is 1. The third kappa shape index (κ3) is 4.45. The van der Waals surface area contributed by atoms with Crippen LogP contribution in [0.1, 0.15) is 23.3 Å². The lowest BCUT2D eigenvalue weighted by molar-refractivity contribution is -0.136. The van der Waals surface area contributed by atoms with Crippen molar-refractivity contribution >= 4 is 17.2 Å². The van der Waals surface area contributed by atoms with Gasteiger partial charge in [-0.25, -0.2) is 8.78 Å². The maximum atomic E-state index is 13.8. The highest BCUT2D eigenvalue weighted by Gasteiger charge is 2.40. The van der Waals surface area contributed by atoms with Gasteiger partial charge in [0.05, 0.1) is 12.0 Å². The van der Waals surface area contributed by atoms with Crippen molar-refractivity contribution in [3.8, 4) is 11.1 Å². The van der Waals surface area contributed by atoms with E-state index < -0.39 is 17.0 Å². The van der Waals surface area contributed by atoms with Crippen molar-refractivity contribution in [1.29, 1.82) is 0 Å². The Morgan fingerprint density at radius 3 is 2.57 bits per heavy atom. The van der Waals surface area contributed by atoms with Crippen molar-refractivity contribution in [2.24, 2.45) is 5.41 Å². The molecule has 0 unspecified atom stereocenters. The first-order chi connectivity index (χ1) is 14.6. The van der Waals surface area contributed by atoms with Gasteiger partial charge >= 0.3 is 0 Å². The maximum absolute atomic E-state index is 13.8. The molecule has 2 heterocycles. The van der Waals surface area contributed by atoms with Gasteiger partial charge in [0.25, 0.3) is 0 Å². The number of benzene rings is 2. The molecule has 2 aromatic carbocycles. The molecule has 156 valence electrons. The minimum atomic E-state index is -0.878. The standard InChI is InChI=1S/C24H23F2NO2S/c25-21-8-7-17(14-22(21)26)20-6-2-1-4-18(20)15-24(9-11-29-12-10-24)23(28)27-16-19-5-3-13-30-19/h1-8,13-14H,9-12,15-16H2,(H,27,28). The lowest BCUT2D eigenvalue weighted by Gasteiger charge is -2.36. The van der Waals surface area contributed by atoms with E-state index in [9.17, 15) is 13.6 Å². The van der Waals surface area contributed by atoms with E-state index in [1.807, 2.05) is 41.8 Å². The first kappa shape index (κ1) is 20.7. The lowest BCUT2D eigenvalue weighted by Crippen LogP contribution is -2.45. The molecule has 0 atom stereocenters.